The zero-order valence-corrected chi connectivity index (χ0v) is 48.3. The van der Waals surface area contributed by atoms with Gasteiger partial charge < -0.3 is 40.2 Å². The quantitative estimate of drug-likeness (QED) is 0.0447. The molecule has 404 valence electrons. The van der Waals surface area contributed by atoms with E-state index in [2.05, 4.69) is 133 Å². The number of fused-ring (bicyclic) bond motifs is 1. The highest BCUT2D eigenvalue weighted by Crippen LogP contribution is 2.52. The van der Waals surface area contributed by atoms with E-state index in [9.17, 15) is 0 Å². The fourth-order valence-corrected chi connectivity index (χ4v) is 13.4. The fraction of sp³-hybridized carbons (Fsp3) is 0.242. The third-order valence-corrected chi connectivity index (χ3v) is 17.6. The van der Waals surface area contributed by atoms with Crippen LogP contribution in [0.4, 0.5) is 45.5 Å². The molecule has 0 fully saturated rings. The number of benzene rings is 7. The number of anilines is 8. The number of nitrogens with zero attached hydrogens (tertiary/aromatic N) is 4. The number of nitrogens with two attached hydrogens (primary N) is 2. The number of hydrogen-bond acceptors (Lipinski definition) is 13. The number of nitrogen functional groups attached to an aromatic ring is 2. The van der Waals surface area contributed by atoms with E-state index >= 15 is 0 Å². The summed E-state index contributed by atoms with van der Waals surface area (Å²) in [4.78, 5) is 9.01. The van der Waals surface area contributed by atoms with Gasteiger partial charge in [-0.1, -0.05) is 76.6 Å². The van der Waals surface area contributed by atoms with Crippen LogP contribution in [0.1, 0.15) is 76.3 Å². The van der Waals surface area contributed by atoms with E-state index in [1.54, 1.807) is 51.1 Å². The van der Waals surface area contributed by atoms with E-state index in [0.29, 0.717) is 11.4 Å². The Morgan fingerprint density at radius 1 is 0.392 bits per heavy atom. The second-order valence-electron chi connectivity index (χ2n) is 19.6. The molecule has 0 aliphatic heterocycles. The molecular formula is C66H68N6O4S3. The molecular weight excluding hydrogens is 1040 g/mol. The Balaban J connectivity index is 1.02. The molecule has 0 spiro atoms. The lowest BCUT2D eigenvalue weighted by molar-refractivity contribution is 0.414. The predicted molar refractivity (Wildman–Crippen MR) is 335 cm³/mol. The largest absolute Gasteiger partial charge is 0.497 e. The second-order valence-corrected chi connectivity index (χ2v) is 22.3. The van der Waals surface area contributed by atoms with Gasteiger partial charge >= 0.3 is 0 Å². The van der Waals surface area contributed by atoms with E-state index in [1.807, 2.05) is 48.5 Å². The molecule has 3 heterocycles. The average Bonchev–Trinajstić information content (AvgIpc) is 4.27. The first-order chi connectivity index (χ1) is 38.7. The summed E-state index contributed by atoms with van der Waals surface area (Å²) in [5.41, 5.74) is 30.0. The molecule has 0 aliphatic carbocycles. The highest BCUT2D eigenvalue weighted by Gasteiger charge is 2.27. The molecule has 0 unspecified atom stereocenters. The topological polar surface area (TPSA) is 121 Å². The van der Waals surface area contributed by atoms with Crippen LogP contribution in [0.25, 0.3) is 52.8 Å². The summed E-state index contributed by atoms with van der Waals surface area (Å²) in [6.45, 7) is 4.51. The van der Waals surface area contributed by atoms with E-state index in [1.165, 1.54) is 71.1 Å². The third kappa shape index (κ3) is 11.8. The highest BCUT2D eigenvalue weighted by molar-refractivity contribution is 7.19. The maximum absolute atomic E-state index is 7.34. The summed E-state index contributed by atoms with van der Waals surface area (Å²) in [5.74, 6) is 3.21. The Morgan fingerprint density at radius 3 is 0.962 bits per heavy atom. The number of hydrogen-bond donors (Lipinski definition) is 2. The minimum Gasteiger partial charge on any atom is -0.497 e. The van der Waals surface area contributed by atoms with Gasteiger partial charge in [0.05, 0.1) is 51.5 Å². The van der Waals surface area contributed by atoms with Gasteiger partial charge in [-0.3, -0.25) is 0 Å². The van der Waals surface area contributed by atoms with Gasteiger partial charge in [-0.25, -0.2) is 0 Å². The van der Waals surface area contributed by atoms with Gasteiger partial charge in [-0.15, -0.1) is 22.7 Å². The van der Waals surface area contributed by atoms with Crippen molar-refractivity contribution < 1.29 is 18.9 Å². The first-order valence-electron chi connectivity index (χ1n) is 27.2. The lowest BCUT2D eigenvalue weighted by atomic mass is 9.98. The molecule has 0 saturated heterocycles. The summed E-state index contributed by atoms with van der Waals surface area (Å²) in [7, 11) is 6.76. The van der Waals surface area contributed by atoms with Crippen molar-refractivity contribution in [3.05, 3.63) is 169 Å². The minimum absolute atomic E-state index is 0.534. The van der Waals surface area contributed by atoms with Gasteiger partial charge in [-0.05, 0) is 181 Å². The van der Waals surface area contributed by atoms with Gasteiger partial charge in [0.1, 0.15) is 34.0 Å². The molecule has 0 atom stereocenters. The first-order valence-corrected chi connectivity index (χ1v) is 29.6. The van der Waals surface area contributed by atoms with E-state index in [0.717, 1.165) is 126 Å². The normalized spacial score (nSPS) is 11.3. The number of methoxy groups -OCH3 is 4. The number of unbranched alkanes of at least 4 members (excludes halogenated alkanes) is 6. The van der Waals surface area contributed by atoms with Crippen LogP contribution in [0.2, 0.25) is 0 Å². The van der Waals surface area contributed by atoms with E-state index in [4.69, 9.17) is 39.2 Å². The molecule has 0 saturated carbocycles. The van der Waals surface area contributed by atoms with Crippen molar-refractivity contribution >= 4 is 90.9 Å². The van der Waals surface area contributed by atoms with Crippen LogP contribution in [-0.2, 0) is 12.8 Å². The number of rotatable bonds is 24. The van der Waals surface area contributed by atoms with Crippen molar-refractivity contribution in [2.75, 3.05) is 49.7 Å². The van der Waals surface area contributed by atoms with Gasteiger partial charge in [0.2, 0.25) is 0 Å². The maximum atomic E-state index is 7.34. The maximum Gasteiger partial charge on any atom is 0.119 e. The molecule has 0 radical (unpaired) electrons. The van der Waals surface area contributed by atoms with Crippen LogP contribution in [0, 0.1) is 0 Å². The smallest absolute Gasteiger partial charge is 0.119 e. The zero-order valence-electron chi connectivity index (χ0n) is 45.9. The summed E-state index contributed by atoms with van der Waals surface area (Å²) >= 11 is 4.72. The Morgan fingerprint density at radius 2 is 0.684 bits per heavy atom. The Labute approximate surface area is 477 Å². The number of ether oxygens (including phenoxy) is 4. The lowest BCUT2D eigenvalue weighted by Crippen LogP contribution is -2.09. The predicted octanol–water partition coefficient (Wildman–Crippen LogP) is 18.9. The lowest BCUT2D eigenvalue weighted by Gasteiger charge is -2.26. The van der Waals surface area contributed by atoms with Crippen LogP contribution < -0.4 is 40.2 Å². The first kappa shape index (κ1) is 54.5. The van der Waals surface area contributed by atoms with Crippen LogP contribution in [0.3, 0.4) is 0 Å². The third-order valence-electron chi connectivity index (χ3n) is 14.6. The van der Waals surface area contributed by atoms with Gasteiger partial charge in [0.25, 0.3) is 0 Å². The van der Waals surface area contributed by atoms with Crippen molar-refractivity contribution in [3.63, 3.8) is 0 Å². The summed E-state index contributed by atoms with van der Waals surface area (Å²) in [5, 5.41) is 0. The average molecular weight is 1110 g/mol. The van der Waals surface area contributed by atoms with E-state index < -0.39 is 0 Å². The van der Waals surface area contributed by atoms with Crippen molar-refractivity contribution in [1.29, 1.82) is 0 Å². The molecule has 3 aromatic heterocycles. The standard InChI is InChI=1S/C66H68N6O4S3/c1-7-9-11-13-15-45-41-57(77-65(45)43-17-21-47(22-18-43)71(49-25-33-53(73-3)34-26-49)50-27-35-54(74-4)36-28-50)59-61(67)62(68)60(64-63(59)69-79-70-64)58-42-46(16-14-12-10-8-2)66(78-58)44-19-23-48(24-20-44)72(51-29-37-55(75-5)38-30-51)52-31-39-56(76-6)40-32-52/h17-42H,7-16,67-68H2,1-6H3. The monoisotopic (exact) mass is 1100 g/mol. The molecule has 13 heteroatoms. The minimum atomic E-state index is 0.534. The van der Waals surface area contributed by atoms with Crippen LogP contribution in [0.15, 0.2) is 158 Å². The van der Waals surface area contributed by atoms with Gasteiger partial charge in [-0.2, -0.15) is 8.75 Å². The Bertz CT molecular complexity index is 3260. The summed E-state index contributed by atoms with van der Waals surface area (Å²) < 4.78 is 32.1. The number of thiophene rings is 2. The molecule has 10 aromatic rings. The summed E-state index contributed by atoms with van der Waals surface area (Å²) in [6.07, 6.45) is 11.2. The molecule has 0 aliphatic rings. The van der Waals surface area contributed by atoms with E-state index in [-0.39, 0.29) is 0 Å². The molecule has 7 aromatic carbocycles. The molecule has 4 N–H and O–H groups in total. The molecule has 79 heavy (non-hydrogen) atoms. The van der Waals surface area contributed by atoms with Crippen molar-refractivity contribution in [1.82, 2.24) is 8.75 Å². The Kier molecular flexibility index (Phi) is 17.5. The second kappa shape index (κ2) is 25.3. The van der Waals surface area contributed by atoms with Crippen LogP contribution in [-0.4, -0.2) is 37.2 Å². The molecule has 0 amide bonds. The van der Waals surface area contributed by atoms with Crippen molar-refractivity contribution in [2.45, 2.75) is 78.1 Å². The van der Waals surface area contributed by atoms with Crippen molar-refractivity contribution in [3.8, 4) is 64.8 Å². The number of aryl methyl sites for hydroxylation is 2. The highest BCUT2D eigenvalue weighted by atomic mass is 32.1. The SMILES string of the molecule is CCCCCCc1cc(-c2c(N)c(N)c(-c3cc(CCCCCC)c(-c4ccc(N(c5ccc(OC)cc5)c5ccc(OC)cc5)cc4)s3)c3nsnc23)sc1-c1ccc(N(c2ccc(OC)cc2)c2ccc(OC)cc2)cc1. The molecule has 10 rings (SSSR count). The fourth-order valence-electron chi connectivity index (χ4n) is 10.3. The van der Waals surface area contributed by atoms with Crippen LogP contribution in [0.5, 0.6) is 23.0 Å². The molecule has 10 nitrogen and oxygen atoms in total. The summed E-state index contributed by atoms with van der Waals surface area (Å²) in [6, 6.07) is 55.0. The Hall–Kier alpha value is -7.84. The van der Waals surface area contributed by atoms with Crippen molar-refractivity contribution in [2.24, 2.45) is 0 Å². The van der Waals surface area contributed by atoms with Gasteiger partial charge in [0, 0.05) is 64.8 Å². The number of aromatic nitrogens is 2. The zero-order chi connectivity index (χ0) is 54.8. The molecule has 0 bridgehead atoms. The van der Waals surface area contributed by atoms with Gasteiger partial charge in [0.15, 0.2) is 0 Å². The van der Waals surface area contributed by atoms with Crippen LogP contribution >= 0.6 is 34.4 Å².